The molecule has 2 atom stereocenters. The van der Waals surface area contributed by atoms with Crippen LogP contribution in [0.15, 0.2) is 36.7 Å². The number of ether oxygens (including phenoxy) is 1. The van der Waals surface area contributed by atoms with E-state index in [-0.39, 0.29) is 17.9 Å². The maximum atomic E-state index is 12.3. The van der Waals surface area contributed by atoms with Crippen molar-refractivity contribution in [2.45, 2.75) is 32.7 Å². The third-order valence-electron chi connectivity index (χ3n) is 4.39. The van der Waals surface area contributed by atoms with Crippen molar-refractivity contribution in [1.82, 2.24) is 14.9 Å². The molecule has 1 fully saturated rings. The van der Waals surface area contributed by atoms with Gasteiger partial charge in [0.1, 0.15) is 5.82 Å². The second-order valence-corrected chi connectivity index (χ2v) is 6.08. The molecule has 1 N–H and O–H groups in total. The normalized spacial score (nSPS) is 19.3. The Kier molecular flexibility index (Phi) is 4.76. The number of aromatic nitrogens is 2. The van der Waals surface area contributed by atoms with Crippen molar-refractivity contribution in [3.8, 4) is 5.69 Å². The summed E-state index contributed by atoms with van der Waals surface area (Å²) < 4.78 is 7.42. The van der Waals surface area contributed by atoms with E-state index in [1.165, 1.54) is 0 Å². The molecule has 122 valence electrons. The zero-order chi connectivity index (χ0) is 16.2. The van der Waals surface area contributed by atoms with Gasteiger partial charge in [0.25, 0.3) is 0 Å². The van der Waals surface area contributed by atoms with Gasteiger partial charge in [-0.05, 0) is 44.4 Å². The van der Waals surface area contributed by atoms with Crippen molar-refractivity contribution in [1.29, 1.82) is 0 Å². The minimum absolute atomic E-state index is 0.0117. The predicted octanol–water partition coefficient (Wildman–Crippen LogP) is 2.78. The van der Waals surface area contributed by atoms with Gasteiger partial charge in [0.05, 0.1) is 18.6 Å². The zero-order valence-corrected chi connectivity index (χ0v) is 13.7. The summed E-state index contributed by atoms with van der Waals surface area (Å²) in [6, 6.07) is 8.20. The lowest BCUT2D eigenvalue weighted by Crippen LogP contribution is -2.36. The van der Waals surface area contributed by atoms with Crippen molar-refractivity contribution in [2.75, 3.05) is 13.2 Å². The maximum absolute atomic E-state index is 12.3. The topological polar surface area (TPSA) is 56.2 Å². The molecule has 1 amide bonds. The summed E-state index contributed by atoms with van der Waals surface area (Å²) in [5.74, 6) is 1.03. The number of carbonyl (C=O) groups excluding carboxylic acids is 1. The lowest BCUT2D eigenvalue weighted by molar-refractivity contribution is -0.129. The molecule has 0 aliphatic carbocycles. The summed E-state index contributed by atoms with van der Waals surface area (Å²) in [5.41, 5.74) is 2.17. The van der Waals surface area contributed by atoms with Crippen LogP contribution in [0.5, 0.6) is 0 Å². The van der Waals surface area contributed by atoms with Crippen LogP contribution in [-0.2, 0) is 9.53 Å². The Morgan fingerprint density at radius 3 is 2.78 bits per heavy atom. The summed E-state index contributed by atoms with van der Waals surface area (Å²) in [4.78, 5) is 16.5. The Labute approximate surface area is 136 Å². The molecule has 1 aromatic heterocycles. The number of carbonyl (C=O) groups is 1. The van der Waals surface area contributed by atoms with Crippen LogP contribution in [0.3, 0.4) is 0 Å². The van der Waals surface area contributed by atoms with Gasteiger partial charge < -0.3 is 14.6 Å². The molecule has 5 heteroatoms. The average molecular weight is 313 g/mol. The average Bonchev–Trinajstić information content (AvgIpc) is 3.02. The number of rotatable bonds is 4. The van der Waals surface area contributed by atoms with Crippen LogP contribution in [-0.4, -0.2) is 28.7 Å². The first-order valence-electron chi connectivity index (χ1n) is 8.13. The molecule has 5 nitrogen and oxygen atoms in total. The van der Waals surface area contributed by atoms with E-state index in [1.807, 2.05) is 24.6 Å². The van der Waals surface area contributed by atoms with Crippen molar-refractivity contribution < 1.29 is 9.53 Å². The number of aryl methyl sites for hydroxylation is 1. The first-order chi connectivity index (χ1) is 11.1. The molecule has 1 aliphatic rings. The van der Waals surface area contributed by atoms with Gasteiger partial charge in [-0.3, -0.25) is 4.79 Å². The van der Waals surface area contributed by atoms with Gasteiger partial charge in [-0.25, -0.2) is 4.98 Å². The fourth-order valence-corrected chi connectivity index (χ4v) is 2.94. The standard InChI is InChI=1S/C18H23N3O2/c1-13(20-18(22)16-4-3-11-23-12-16)15-5-7-17(8-6-15)21-10-9-19-14(21)2/h5-10,13,16H,3-4,11-12H2,1-2H3,(H,20,22)/t13-,16+/m0/s1. The Balaban J connectivity index is 1.64. The van der Waals surface area contributed by atoms with E-state index in [2.05, 4.69) is 34.6 Å². The highest BCUT2D eigenvalue weighted by molar-refractivity contribution is 5.79. The van der Waals surface area contributed by atoms with Crippen molar-refractivity contribution in [3.05, 3.63) is 48.0 Å². The van der Waals surface area contributed by atoms with Crippen LogP contribution in [0, 0.1) is 12.8 Å². The zero-order valence-electron chi connectivity index (χ0n) is 13.7. The fraction of sp³-hybridized carbons (Fsp3) is 0.444. The molecular formula is C18H23N3O2. The van der Waals surface area contributed by atoms with E-state index >= 15 is 0 Å². The summed E-state index contributed by atoms with van der Waals surface area (Å²) in [7, 11) is 0. The number of hydrogen-bond donors (Lipinski definition) is 1. The number of imidazole rings is 1. The Hall–Kier alpha value is -2.14. The van der Waals surface area contributed by atoms with Crippen LogP contribution in [0.25, 0.3) is 5.69 Å². The Morgan fingerprint density at radius 2 is 2.17 bits per heavy atom. The van der Waals surface area contributed by atoms with E-state index in [9.17, 15) is 4.79 Å². The minimum Gasteiger partial charge on any atom is -0.381 e. The van der Waals surface area contributed by atoms with Crippen molar-refractivity contribution >= 4 is 5.91 Å². The van der Waals surface area contributed by atoms with Gasteiger partial charge in [-0.2, -0.15) is 0 Å². The number of amides is 1. The summed E-state index contributed by atoms with van der Waals surface area (Å²) in [6.45, 7) is 5.30. The van der Waals surface area contributed by atoms with E-state index < -0.39 is 0 Å². The van der Waals surface area contributed by atoms with Crippen molar-refractivity contribution in [2.24, 2.45) is 5.92 Å². The molecule has 1 aromatic carbocycles. The molecule has 0 unspecified atom stereocenters. The van der Waals surface area contributed by atoms with Gasteiger partial charge in [0, 0.05) is 24.7 Å². The van der Waals surface area contributed by atoms with E-state index in [0.717, 1.165) is 36.5 Å². The number of nitrogens with one attached hydrogen (secondary N) is 1. The molecule has 0 saturated carbocycles. The summed E-state index contributed by atoms with van der Waals surface area (Å²) in [6.07, 6.45) is 5.61. The first-order valence-corrected chi connectivity index (χ1v) is 8.13. The van der Waals surface area contributed by atoms with Crippen LogP contribution < -0.4 is 5.32 Å². The van der Waals surface area contributed by atoms with Crippen LogP contribution in [0.2, 0.25) is 0 Å². The summed E-state index contributed by atoms with van der Waals surface area (Å²) >= 11 is 0. The molecule has 23 heavy (non-hydrogen) atoms. The number of nitrogens with zero attached hydrogens (tertiary/aromatic N) is 2. The molecule has 0 spiro atoms. The highest BCUT2D eigenvalue weighted by atomic mass is 16.5. The third-order valence-corrected chi connectivity index (χ3v) is 4.39. The van der Waals surface area contributed by atoms with Crippen LogP contribution in [0.4, 0.5) is 0 Å². The van der Waals surface area contributed by atoms with Gasteiger partial charge in [-0.1, -0.05) is 12.1 Å². The lowest BCUT2D eigenvalue weighted by Gasteiger charge is -2.23. The fourth-order valence-electron chi connectivity index (χ4n) is 2.94. The lowest BCUT2D eigenvalue weighted by atomic mass is 10.00. The van der Waals surface area contributed by atoms with E-state index in [0.29, 0.717) is 6.61 Å². The number of benzene rings is 1. The van der Waals surface area contributed by atoms with E-state index in [4.69, 9.17) is 4.74 Å². The predicted molar refractivity (Wildman–Crippen MR) is 88.4 cm³/mol. The second kappa shape index (κ2) is 6.96. The Bertz CT molecular complexity index is 657. The van der Waals surface area contributed by atoms with Crippen molar-refractivity contribution in [3.63, 3.8) is 0 Å². The highest BCUT2D eigenvalue weighted by Gasteiger charge is 2.23. The molecule has 1 saturated heterocycles. The largest absolute Gasteiger partial charge is 0.381 e. The van der Waals surface area contributed by atoms with Gasteiger partial charge in [0.15, 0.2) is 0 Å². The minimum atomic E-state index is -0.0147. The molecular weight excluding hydrogens is 290 g/mol. The van der Waals surface area contributed by atoms with E-state index in [1.54, 1.807) is 6.20 Å². The highest BCUT2D eigenvalue weighted by Crippen LogP contribution is 2.19. The molecule has 0 bridgehead atoms. The van der Waals surface area contributed by atoms with Crippen LogP contribution in [0.1, 0.15) is 37.2 Å². The first kappa shape index (κ1) is 15.7. The van der Waals surface area contributed by atoms with Crippen LogP contribution >= 0.6 is 0 Å². The monoisotopic (exact) mass is 313 g/mol. The maximum Gasteiger partial charge on any atom is 0.225 e. The van der Waals surface area contributed by atoms with Gasteiger partial charge in [-0.15, -0.1) is 0 Å². The Morgan fingerprint density at radius 1 is 1.39 bits per heavy atom. The quantitative estimate of drug-likeness (QED) is 0.944. The molecule has 1 aliphatic heterocycles. The number of hydrogen-bond acceptors (Lipinski definition) is 3. The molecule has 3 rings (SSSR count). The molecule has 2 heterocycles. The second-order valence-electron chi connectivity index (χ2n) is 6.08. The third kappa shape index (κ3) is 3.62. The molecule has 0 radical (unpaired) electrons. The summed E-state index contributed by atoms with van der Waals surface area (Å²) in [5, 5.41) is 3.09. The SMILES string of the molecule is Cc1nccn1-c1ccc([C@H](C)NC(=O)[C@@H]2CCCOC2)cc1. The smallest absolute Gasteiger partial charge is 0.225 e. The molecule has 2 aromatic rings. The van der Waals surface area contributed by atoms with Gasteiger partial charge >= 0.3 is 0 Å². The van der Waals surface area contributed by atoms with Gasteiger partial charge in [0.2, 0.25) is 5.91 Å².